The molecular weight excluding hydrogens is 262 g/mol. The van der Waals surface area contributed by atoms with E-state index in [4.69, 9.17) is 5.73 Å². The Morgan fingerprint density at radius 2 is 1.95 bits per heavy atom. The van der Waals surface area contributed by atoms with Crippen LogP contribution in [0.2, 0.25) is 0 Å². The molecule has 1 aliphatic heterocycles. The Labute approximate surface area is 123 Å². The van der Waals surface area contributed by atoms with Crippen molar-refractivity contribution in [1.29, 1.82) is 0 Å². The molecule has 2 N–H and O–H groups in total. The molecular formula is C16H17N5. The fraction of sp³-hybridized carbons (Fsp3) is 0.250. The van der Waals surface area contributed by atoms with Crippen LogP contribution in [-0.2, 0) is 0 Å². The highest BCUT2D eigenvalue weighted by atomic mass is 15.2. The molecule has 106 valence electrons. The summed E-state index contributed by atoms with van der Waals surface area (Å²) in [6, 6.07) is 7.88. The molecule has 21 heavy (non-hydrogen) atoms. The van der Waals surface area contributed by atoms with E-state index in [1.54, 1.807) is 0 Å². The third-order valence-corrected chi connectivity index (χ3v) is 4.00. The molecule has 3 aromatic rings. The van der Waals surface area contributed by atoms with Crippen molar-refractivity contribution in [2.45, 2.75) is 12.8 Å². The van der Waals surface area contributed by atoms with Gasteiger partial charge in [0.15, 0.2) is 11.5 Å². The van der Waals surface area contributed by atoms with Gasteiger partial charge < -0.3 is 10.6 Å². The number of nitrogens with two attached hydrogens (primary N) is 1. The van der Waals surface area contributed by atoms with E-state index < -0.39 is 0 Å². The maximum Gasteiger partial charge on any atom is 0.180 e. The van der Waals surface area contributed by atoms with Gasteiger partial charge in [0.25, 0.3) is 0 Å². The molecule has 0 saturated carbocycles. The SMILES string of the molecule is Nc1cccc(-c2cnc3c(N4CCCC4)nccn23)c1. The van der Waals surface area contributed by atoms with Crippen LogP contribution in [0.15, 0.2) is 42.9 Å². The van der Waals surface area contributed by atoms with Crippen LogP contribution in [0.5, 0.6) is 0 Å². The number of hydrogen-bond acceptors (Lipinski definition) is 4. The second-order valence-corrected chi connectivity index (χ2v) is 5.41. The highest BCUT2D eigenvalue weighted by Gasteiger charge is 2.18. The zero-order valence-electron chi connectivity index (χ0n) is 11.7. The molecule has 0 amide bonds. The number of rotatable bonds is 2. The van der Waals surface area contributed by atoms with Gasteiger partial charge in [-0.25, -0.2) is 9.97 Å². The fourth-order valence-corrected chi connectivity index (χ4v) is 2.97. The Morgan fingerprint density at radius 3 is 2.76 bits per heavy atom. The van der Waals surface area contributed by atoms with Gasteiger partial charge in [0.1, 0.15) is 0 Å². The maximum absolute atomic E-state index is 5.89. The number of imidazole rings is 1. The molecule has 0 bridgehead atoms. The molecule has 1 aliphatic rings. The minimum atomic E-state index is 0.760. The molecule has 0 spiro atoms. The van der Waals surface area contributed by atoms with E-state index in [2.05, 4.69) is 25.3 Å². The molecule has 0 radical (unpaired) electrons. The standard InChI is InChI=1S/C16H17N5/c17-13-5-3-4-12(10-13)14-11-19-16-15(18-6-9-21(14)16)20-7-1-2-8-20/h3-6,9-11H,1-2,7-8,17H2. The van der Waals surface area contributed by atoms with Gasteiger partial charge in [-0.15, -0.1) is 0 Å². The fourth-order valence-electron chi connectivity index (χ4n) is 2.97. The average molecular weight is 279 g/mol. The third-order valence-electron chi connectivity index (χ3n) is 4.00. The Balaban J connectivity index is 1.87. The van der Waals surface area contributed by atoms with Crippen LogP contribution < -0.4 is 10.6 Å². The van der Waals surface area contributed by atoms with Gasteiger partial charge in [0.05, 0.1) is 11.9 Å². The molecule has 2 aromatic heterocycles. The Morgan fingerprint density at radius 1 is 1.10 bits per heavy atom. The molecule has 1 fully saturated rings. The molecule has 3 heterocycles. The first-order valence-electron chi connectivity index (χ1n) is 7.26. The first kappa shape index (κ1) is 12.2. The Hall–Kier alpha value is -2.56. The van der Waals surface area contributed by atoms with Crippen LogP contribution in [0.25, 0.3) is 16.9 Å². The number of nitrogens with zero attached hydrogens (tertiary/aromatic N) is 4. The van der Waals surface area contributed by atoms with Crippen LogP contribution >= 0.6 is 0 Å². The summed E-state index contributed by atoms with van der Waals surface area (Å²) in [5.41, 5.74) is 9.67. The van der Waals surface area contributed by atoms with E-state index in [0.29, 0.717) is 0 Å². The Bertz CT molecular complexity index is 786. The molecule has 5 heteroatoms. The lowest BCUT2D eigenvalue weighted by atomic mass is 10.1. The normalized spacial score (nSPS) is 15.0. The van der Waals surface area contributed by atoms with Crippen molar-refractivity contribution in [3.8, 4) is 11.3 Å². The first-order valence-corrected chi connectivity index (χ1v) is 7.26. The number of aromatic nitrogens is 3. The van der Waals surface area contributed by atoms with Crippen LogP contribution in [0.1, 0.15) is 12.8 Å². The summed E-state index contributed by atoms with van der Waals surface area (Å²) in [7, 11) is 0. The summed E-state index contributed by atoms with van der Waals surface area (Å²) in [6.45, 7) is 2.13. The summed E-state index contributed by atoms with van der Waals surface area (Å²) in [5, 5.41) is 0. The zero-order chi connectivity index (χ0) is 14.2. The van der Waals surface area contributed by atoms with Crippen LogP contribution in [0, 0.1) is 0 Å². The van der Waals surface area contributed by atoms with Gasteiger partial charge in [0, 0.05) is 36.7 Å². The number of nitrogen functional groups attached to an aromatic ring is 1. The summed E-state index contributed by atoms with van der Waals surface area (Å²) >= 11 is 0. The van der Waals surface area contributed by atoms with Crippen molar-refractivity contribution in [3.05, 3.63) is 42.9 Å². The number of hydrogen-bond donors (Lipinski definition) is 1. The van der Waals surface area contributed by atoms with Crippen LogP contribution in [0.4, 0.5) is 11.5 Å². The van der Waals surface area contributed by atoms with Crippen molar-refractivity contribution < 1.29 is 0 Å². The predicted molar refractivity (Wildman–Crippen MR) is 84.3 cm³/mol. The molecule has 4 rings (SSSR count). The Kier molecular flexibility index (Phi) is 2.77. The highest BCUT2D eigenvalue weighted by Crippen LogP contribution is 2.27. The summed E-state index contributed by atoms with van der Waals surface area (Å²) in [6.07, 6.45) is 8.15. The first-order chi connectivity index (χ1) is 10.3. The van der Waals surface area contributed by atoms with E-state index in [1.807, 2.05) is 36.8 Å². The summed E-state index contributed by atoms with van der Waals surface area (Å²) in [5.74, 6) is 0.977. The van der Waals surface area contributed by atoms with Crippen molar-refractivity contribution in [3.63, 3.8) is 0 Å². The largest absolute Gasteiger partial charge is 0.399 e. The second-order valence-electron chi connectivity index (χ2n) is 5.41. The highest BCUT2D eigenvalue weighted by molar-refractivity contribution is 5.72. The maximum atomic E-state index is 5.89. The van der Waals surface area contributed by atoms with Gasteiger partial charge in [-0.3, -0.25) is 4.40 Å². The molecule has 0 aliphatic carbocycles. The van der Waals surface area contributed by atoms with E-state index in [-0.39, 0.29) is 0 Å². The van der Waals surface area contributed by atoms with Crippen molar-refractivity contribution in [2.75, 3.05) is 23.7 Å². The van der Waals surface area contributed by atoms with E-state index >= 15 is 0 Å². The summed E-state index contributed by atoms with van der Waals surface area (Å²) in [4.78, 5) is 11.4. The lowest BCUT2D eigenvalue weighted by Gasteiger charge is -2.16. The van der Waals surface area contributed by atoms with Crippen molar-refractivity contribution in [1.82, 2.24) is 14.4 Å². The van der Waals surface area contributed by atoms with Crippen molar-refractivity contribution >= 4 is 17.2 Å². The van der Waals surface area contributed by atoms with Gasteiger partial charge in [0.2, 0.25) is 0 Å². The molecule has 5 nitrogen and oxygen atoms in total. The molecule has 0 unspecified atom stereocenters. The van der Waals surface area contributed by atoms with E-state index in [0.717, 1.165) is 41.5 Å². The second kappa shape index (κ2) is 4.77. The number of fused-ring (bicyclic) bond motifs is 1. The zero-order valence-corrected chi connectivity index (χ0v) is 11.7. The molecule has 1 aromatic carbocycles. The van der Waals surface area contributed by atoms with E-state index in [9.17, 15) is 0 Å². The minimum Gasteiger partial charge on any atom is -0.399 e. The van der Waals surface area contributed by atoms with Gasteiger partial charge >= 0.3 is 0 Å². The lowest BCUT2D eigenvalue weighted by molar-refractivity contribution is 0.928. The van der Waals surface area contributed by atoms with E-state index in [1.165, 1.54) is 12.8 Å². The quantitative estimate of drug-likeness (QED) is 0.732. The molecule has 1 saturated heterocycles. The van der Waals surface area contributed by atoms with Crippen LogP contribution in [-0.4, -0.2) is 27.5 Å². The monoisotopic (exact) mass is 279 g/mol. The van der Waals surface area contributed by atoms with Gasteiger partial charge in [-0.1, -0.05) is 12.1 Å². The lowest BCUT2D eigenvalue weighted by Crippen LogP contribution is -2.19. The van der Waals surface area contributed by atoms with Gasteiger partial charge in [-0.2, -0.15) is 0 Å². The minimum absolute atomic E-state index is 0.760. The average Bonchev–Trinajstić information content (AvgIpc) is 3.16. The van der Waals surface area contributed by atoms with Crippen LogP contribution in [0.3, 0.4) is 0 Å². The number of anilines is 2. The number of benzene rings is 1. The third kappa shape index (κ3) is 2.01. The summed E-state index contributed by atoms with van der Waals surface area (Å²) < 4.78 is 2.09. The van der Waals surface area contributed by atoms with Crippen molar-refractivity contribution in [2.24, 2.45) is 0 Å². The topological polar surface area (TPSA) is 59.5 Å². The van der Waals surface area contributed by atoms with Gasteiger partial charge in [-0.05, 0) is 25.0 Å². The molecule has 0 atom stereocenters. The smallest absolute Gasteiger partial charge is 0.180 e. The predicted octanol–water partition coefficient (Wildman–Crippen LogP) is 2.58.